The summed E-state index contributed by atoms with van der Waals surface area (Å²) in [7, 11) is -3.02. The molecule has 0 saturated carbocycles. The fourth-order valence-electron chi connectivity index (χ4n) is 6.99. The lowest BCUT2D eigenvalue weighted by atomic mass is 9.65. The van der Waals surface area contributed by atoms with E-state index in [-0.39, 0.29) is 25.5 Å². The normalized spacial score (nSPS) is 24.1. The molecule has 4 rings (SSSR count). The van der Waals surface area contributed by atoms with Crippen LogP contribution in [0.2, 0.25) is 51.4 Å². The largest absolute Gasteiger partial charge is 0.489 e. The molecular weight excluding hydrogens is 681 g/mol. The summed E-state index contributed by atoms with van der Waals surface area (Å²) >= 11 is 0. The molecule has 0 radical (unpaired) electrons. The van der Waals surface area contributed by atoms with Crippen molar-refractivity contribution in [3.63, 3.8) is 0 Å². The van der Waals surface area contributed by atoms with Gasteiger partial charge in [-0.1, -0.05) is 75.2 Å². The lowest BCUT2D eigenvalue weighted by molar-refractivity contribution is -0.148. The molecule has 0 aliphatic carbocycles. The Labute approximate surface area is 305 Å². The molecule has 0 spiro atoms. The molecule has 2 aromatic carbocycles. The van der Waals surface area contributed by atoms with E-state index >= 15 is 0 Å². The summed E-state index contributed by atoms with van der Waals surface area (Å²) in [5, 5.41) is 12.5. The predicted octanol–water partition coefficient (Wildman–Crippen LogP) is 4.77. The van der Waals surface area contributed by atoms with Crippen LogP contribution < -0.4 is 26.0 Å². The third-order valence-electron chi connectivity index (χ3n) is 9.87. The maximum atomic E-state index is 14.1. The molecule has 280 valence electrons. The van der Waals surface area contributed by atoms with Crippen LogP contribution in [-0.2, 0) is 35.3 Å². The van der Waals surface area contributed by atoms with Crippen molar-refractivity contribution in [2.45, 2.75) is 121 Å². The van der Waals surface area contributed by atoms with Crippen molar-refractivity contribution < 1.29 is 33.4 Å². The first kappa shape index (κ1) is 40.2. The van der Waals surface area contributed by atoms with E-state index in [4.69, 9.17) is 14.2 Å². The SMILES string of the molecule is CC(=O)NC1(C(c2ccc(OCc3cc(C)ccc3C)cc2)C2(C)NC(C(=O)OCC[Si](C)(C)C)NC2C(=O)OCC[Si](C)(C)C)CCNC1=O. The number of rotatable bonds is 15. The first-order chi connectivity index (χ1) is 23.7. The highest BCUT2D eigenvalue weighted by Gasteiger charge is 2.63. The minimum Gasteiger partial charge on any atom is -0.489 e. The minimum atomic E-state index is -1.53. The second-order valence-corrected chi connectivity index (χ2v) is 28.0. The summed E-state index contributed by atoms with van der Waals surface area (Å²) in [5.74, 6) is -2.07. The Morgan fingerprint density at radius 1 is 0.922 bits per heavy atom. The highest BCUT2D eigenvalue weighted by atomic mass is 28.3. The van der Waals surface area contributed by atoms with Gasteiger partial charge in [0.1, 0.15) is 23.9 Å². The molecule has 2 aliphatic heterocycles. The second kappa shape index (κ2) is 16.0. The van der Waals surface area contributed by atoms with Crippen molar-refractivity contribution in [2.75, 3.05) is 19.8 Å². The summed E-state index contributed by atoms with van der Waals surface area (Å²) < 4.78 is 17.8. The molecule has 2 heterocycles. The van der Waals surface area contributed by atoms with Crippen LogP contribution in [0.25, 0.3) is 0 Å². The number of ether oxygens (including phenoxy) is 3. The summed E-state index contributed by atoms with van der Waals surface area (Å²) in [5.41, 5.74) is 1.26. The summed E-state index contributed by atoms with van der Waals surface area (Å²) in [4.78, 5) is 54.4. The zero-order valence-corrected chi connectivity index (χ0v) is 34.1. The first-order valence-corrected chi connectivity index (χ1v) is 25.4. The Balaban J connectivity index is 1.75. The summed E-state index contributed by atoms with van der Waals surface area (Å²) in [6.45, 7) is 21.7. The smallest absolute Gasteiger partial charge is 0.338 e. The number of benzene rings is 2. The quantitative estimate of drug-likeness (QED) is 0.150. The van der Waals surface area contributed by atoms with Gasteiger partial charge < -0.3 is 24.8 Å². The molecule has 2 aliphatic rings. The topological polar surface area (TPSA) is 144 Å². The standard InChI is InChI=1S/C38H58N4O7Si2/c1-25-11-12-26(2)29(23-25)24-49-30-15-13-28(14-16-30)31(38(41-27(3)43)17-18-39-36(38)46)37(4)32(34(44)47-19-21-50(5,6)7)40-33(42-37)35(45)48-20-22-51(8,9)10/h11-16,23,31-33,40,42H,17-22,24H2,1-10H3,(H,39,46)(H,41,43). The highest BCUT2D eigenvalue weighted by Crippen LogP contribution is 2.46. The fourth-order valence-corrected chi connectivity index (χ4v) is 8.42. The average molecular weight is 739 g/mol. The minimum absolute atomic E-state index is 0.239. The molecule has 0 bridgehead atoms. The average Bonchev–Trinajstić information content (AvgIpc) is 3.56. The predicted molar refractivity (Wildman–Crippen MR) is 204 cm³/mol. The van der Waals surface area contributed by atoms with Crippen molar-refractivity contribution >= 4 is 39.9 Å². The van der Waals surface area contributed by atoms with Crippen LogP contribution in [0.1, 0.15) is 48.4 Å². The molecule has 2 fully saturated rings. The number of amides is 2. The Bertz CT molecular complexity index is 1590. The molecule has 2 amide bonds. The van der Waals surface area contributed by atoms with Gasteiger partial charge in [0.2, 0.25) is 11.8 Å². The van der Waals surface area contributed by atoms with E-state index in [9.17, 15) is 19.2 Å². The number of aryl methyl sites for hydroxylation is 2. The molecule has 11 nitrogen and oxygen atoms in total. The van der Waals surface area contributed by atoms with Gasteiger partial charge in [-0.05, 0) is 68.1 Å². The lowest BCUT2D eigenvalue weighted by Crippen LogP contribution is -2.68. The molecule has 5 atom stereocenters. The van der Waals surface area contributed by atoms with Gasteiger partial charge in [-0.15, -0.1) is 0 Å². The van der Waals surface area contributed by atoms with Crippen molar-refractivity contribution in [1.82, 2.24) is 21.3 Å². The van der Waals surface area contributed by atoms with Gasteiger partial charge in [-0.2, -0.15) is 0 Å². The number of hydrogen-bond donors (Lipinski definition) is 4. The third kappa shape index (κ3) is 10.1. The van der Waals surface area contributed by atoms with E-state index in [0.29, 0.717) is 24.5 Å². The molecule has 5 unspecified atom stereocenters. The van der Waals surface area contributed by atoms with Crippen molar-refractivity contribution in [3.8, 4) is 5.75 Å². The van der Waals surface area contributed by atoms with Crippen LogP contribution >= 0.6 is 0 Å². The van der Waals surface area contributed by atoms with Crippen molar-refractivity contribution in [2.24, 2.45) is 0 Å². The summed E-state index contributed by atoms with van der Waals surface area (Å²) in [6, 6.07) is 14.1. The monoisotopic (exact) mass is 738 g/mol. The molecule has 4 N–H and O–H groups in total. The molecule has 2 saturated heterocycles. The number of hydrogen-bond acceptors (Lipinski definition) is 9. The van der Waals surface area contributed by atoms with E-state index in [2.05, 4.69) is 78.7 Å². The van der Waals surface area contributed by atoms with E-state index in [0.717, 1.165) is 28.8 Å². The third-order valence-corrected chi connectivity index (χ3v) is 13.3. The Morgan fingerprint density at radius 3 is 2.08 bits per heavy atom. The number of carbonyl (C=O) groups is 4. The zero-order valence-electron chi connectivity index (χ0n) is 32.1. The molecule has 2 aromatic rings. The van der Waals surface area contributed by atoms with Gasteiger partial charge in [-0.3, -0.25) is 25.0 Å². The van der Waals surface area contributed by atoms with Crippen LogP contribution in [0.15, 0.2) is 42.5 Å². The number of nitrogens with one attached hydrogen (secondary N) is 4. The van der Waals surface area contributed by atoms with Crippen LogP contribution in [0.5, 0.6) is 5.75 Å². The maximum absolute atomic E-state index is 14.1. The number of esters is 2. The van der Waals surface area contributed by atoms with E-state index in [1.165, 1.54) is 6.92 Å². The zero-order chi connectivity index (χ0) is 37.8. The molecule has 51 heavy (non-hydrogen) atoms. The highest BCUT2D eigenvalue weighted by molar-refractivity contribution is 6.76. The van der Waals surface area contributed by atoms with Crippen LogP contribution in [-0.4, -0.2) is 82.9 Å². The Morgan fingerprint density at radius 2 is 1.53 bits per heavy atom. The van der Waals surface area contributed by atoms with Gasteiger partial charge in [0.15, 0.2) is 6.17 Å². The van der Waals surface area contributed by atoms with Gasteiger partial charge in [0, 0.05) is 35.5 Å². The van der Waals surface area contributed by atoms with Gasteiger partial charge in [0.25, 0.3) is 0 Å². The number of carbonyl (C=O) groups excluding carboxylic acids is 4. The van der Waals surface area contributed by atoms with E-state index in [1.54, 1.807) is 0 Å². The first-order valence-electron chi connectivity index (χ1n) is 18.0. The Kier molecular flexibility index (Phi) is 12.6. The van der Waals surface area contributed by atoms with Crippen LogP contribution in [0, 0.1) is 13.8 Å². The van der Waals surface area contributed by atoms with E-state index < -0.39 is 63.2 Å². The second-order valence-electron chi connectivity index (χ2n) is 16.8. The molecule has 13 heteroatoms. The maximum Gasteiger partial charge on any atom is 0.338 e. The van der Waals surface area contributed by atoms with Gasteiger partial charge >= 0.3 is 11.9 Å². The Hall–Kier alpha value is -3.53. The van der Waals surface area contributed by atoms with E-state index in [1.807, 2.05) is 45.0 Å². The van der Waals surface area contributed by atoms with Gasteiger partial charge in [-0.25, -0.2) is 4.79 Å². The molecule has 0 aromatic heterocycles. The van der Waals surface area contributed by atoms with Crippen molar-refractivity contribution in [1.29, 1.82) is 0 Å². The van der Waals surface area contributed by atoms with Crippen LogP contribution in [0.4, 0.5) is 0 Å². The van der Waals surface area contributed by atoms with Gasteiger partial charge in [0.05, 0.1) is 18.8 Å². The lowest BCUT2D eigenvalue weighted by Gasteiger charge is -2.47. The van der Waals surface area contributed by atoms with Crippen molar-refractivity contribution in [3.05, 3.63) is 64.7 Å². The van der Waals surface area contributed by atoms with Crippen LogP contribution in [0.3, 0.4) is 0 Å². The fraction of sp³-hybridized carbons (Fsp3) is 0.579. The summed E-state index contributed by atoms with van der Waals surface area (Å²) in [6.07, 6.45) is -0.797. The molecular formula is C38H58N4O7Si2.